The number of Topliss-reactive ketones (excluding diaryl/α,β-unsaturated/α-hetero) is 1. The van der Waals surface area contributed by atoms with Crippen molar-refractivity contribution in [1.29, 1.82) is 0 Å². The molecule has 3 aliphatic carbocycles. The number of hydrogen-bond donors (Lipinski definition) is 0. The number of hydrogen-bond acceptors (Lipinski definition) is 1. The van der Waals surface area contributed by atoms with Crippen molar-refractivity contribution in [3.63, 3.8) is 0 Å². The first-order chi connectivity index (χ1) is 8.84. The molecule has 0 N–H and O–H groups in total. The first-order valence-electron chi connectivity index (χ1n) is 6.30. The van der Waals surface area contributed by atoms with Gasteiger partial charge in [-0.2, -0.15) is 0 Å². The third-order valence-electron chi connectivity index (χ3n) is 3.87. The number of carbonyl (C=O) groups excluding carboxylic acids is 1. The lowest BCUT2D eigenvalue weighted by molar-refractivity contribution is -0.109. The van der Waals surface area contributed by atoms with E-state index >= 15 is 0 Å². The summed E-state index contributed by atoms with van der Waals surface area (Å²) in [7, 11) is 0. The summed E-state index contributed by atoms with van der Waals surface area (Å²) in [6.07, 6.45) is 14.2. The number of benzene rings is 1. The van der Waals surface area contributed by atoms with Gasteiger partial charge in [-0.1, -0.05) is 42.5 Å². The fourth-order valence-electron chi connectivity index (χ4n) is 3.03. The molecule has 1 aromatic rings. The molecule has 18 heavy (non-hydrogen) atoms. The predicted molar refractivity (Wildman–Crippen MR) is 74.0 cm³/mol. The molecule has 0 saturated carbocycles. The SMILES string of the molecule is O=C1C=c2c(ccc3c2=CCC=C3)C2=C1C=CC2. The number of rotatable bonds is 0. The average Bonchev–Trinajstić information content (AvgIpc) is 2.89. The van der Waals surface area contributed by atoms with Crippen LogP contribution in [-0.4, -0.2) is 5.78 Å². The van der Waals surface area contributed by atoms with E-state index in [4.69, 9.17) is 0 Å². The molecule has 0 bridgehead atoms. The second kappa shape index (κ2) is 3.42. The molecular weight excluding hydrogens is 220 g/mol. The van der Waals surface area contributed by atoms with E-state index in [1.807, 2.05) is 6.08 Å². The highest BCUT2D eigenvalue weighted by molar-refractivity contribution is 6.24. The largest absolute Gasteiger partial charge is 0.289 e. The Balaban J connectivity index is 2.13. The van der Waals surface area contributed by atoms with Gasteiger partial charge < -0.3 is 0 Å². The lowest BCUT2D eigenvalue weighted by atomic mass is 9.88. The van der Waals surface area contributed by atoms with Crippen LogP contribution in [0.15, 0.2) is 35.9 Å². The van der Waals surface area contributed by atoms with Crippen molar-refractivity contribution in [3.8, 4) is 0 Å². The number of allylic oxidation sites excluding steroid dienone is 5. The molecule has 1 nitrogen and oxygen atoms in total. The third-order valence-corrected chi connectivity index (χ3v) is 3.87. The molecule has 0 fully saturated rings. The first kappa shape index (κ1) is 9.84. The molecule has 3 aliphatic rings. The van der Waals surface area contributed by atoms with Crippen LogP contribution >= 0.6 is 0 Å². The molecule has 0 unspecified atom stereocenters. The van der Waals surface area contributed by atoms with Gasteiger partial charge in [0.15, 0.2) is 5.78 Å². The summed E-state index contributed by atoms with van der Waals surface area (Å²) in [5, 5.41) is 2.34. The summed E-state index contributed by atoms with van der Waals surface area (Å²) in [5.41, 5.74) is 4.54. The summed E-state index contributed by atoms with van der Waals surface area (Å²) < 4.78 is 0. The van der Waals surface area contributed by atoms with Gasteiger partial charge in [-0.25, -0.2) is 0 Å². The summed E-state index contributed by atoms with van der Waals surface area (Å²) in [6.45, 7) is 0. The van der Waals surface area contributed by atoms with Crippen molar-refractivity contribution in [2.45, 2.75) is 12.8 Å². The van der Waals surface area contributed by atoms with Gasteiger partial charge in [0.1, 0.15) is 0 Å². The fraction of sp³-hybridized carbons (Fsp3) is 0.118. The zero-order chi connectivity index (χ0) is 12.1. The van der Waals surface area contributed by atoms with Gasteiger partial charge in [0.05, 0.1) is 0 Å². The zero-order valence-electron chi connectivity index (χ0n) is 9.94. The minimum Gasteiger partial charge on any atom is -0.289 e. The molecule has 0 amide bonds. The standard InChI is InChI=1S/C17H12O/c18-17-10-16-12-5-2-1-4-11(12)8-9-14(16)13-6-3-7-15(13)17/h1,3-5,7-10H,2,6H2. The normalized spacial score (nSPS) is 19.0. The van der Waals surface area contributed by atoms with E-state index in [0.717, 1.165) is 23.6 Å². The first-order valence-corrected chi connectivity index (χ1v) is 6.30. The molecule has 86 valence electrons. The third kappa shape index (κ3) is 1.19. The van der Waals surface area contributed by atoms with Gasteiger partial charge in [0, 0.05) is 5.57 Å². The van der Waals surface area contributed by atoms with Gasteiger partial charge in [-0.3, -0.25) is 4.79 Å². The van der Waals surface area contributed by atoms with Crippen molar-refractivity contribution in [2.24, 2.45) is 0 Å². The zero-order valence-corrected chi connectivity index (χ0v) is 9.94. The van der Waals surface area contributed by atoms with Gasteiger partial charge in [0.25, 0.3) is 0 Å². The van der Waals surface area contributed by atoms with E-state index in [0.29, 0.717) is 0 Å². The Morgan fingerprint density at radius 3 is 2.89 bits per heavy atom. The van der Waals surface area contributed by atoms with Crippen LogP contribution in [0.25, 0.3) is 23.8 Å². The molecule has 0 saturated heterocycles. The fourth-order valence-corrected chi connectivity index (χ4v) is 3.03. The van der Waals surface area contributed by atoms with E-state index in [2.05, 4.69) is 36.4 Å². The topological polar surface area (TPSA) is 17.1 Å². The van der Waals surface area contributed by atoms with Crippen molar-refractivity contribution in [2.75, 3.05) is 0 Å². The van der Waals surface area contributed by atoms with Crippen LogP contribution in [0.2, 0.25) is 0 Å². The molecule has 0 spiro atoms. The highest BCUT2D eigenvalue weighted by Crippen LogP contribution is 2.29. The molecule has 0 aliphatic heterocycles. The molecule has 0 atom stereocenters. The van der Waals surface area contributed by atoms with Crippen LogP contribution in [0.3, 0.4) is 0 Å². The van der Waals surface area contributed by atoms with Crippen LogP contribution in [0.4, 0.5) is 0 Å². The van der Waals surface area contributed by atoms with E-state index in [-0.39, 0.29) is 5.78 Å². The van der Waals surface area contributed by atoms with Crippen LogP contribution in [0.1, 0.15) is 24.0 Å². The number of fused-ring (bicyclic) bond motifs is 4. The van der Waals surface area contributed by atoms with E-state index in [1.165, 1.54) is 21.9 Å². The Bertz CT molecular complexity index is 786. The second-order valence-electron chi connectivity index (χ2n) is 4.88. The maximum atomic E-state index is 12.1. The minimum absolute atomic E-state index is 0.155. The Morgan fingerprint density at radius 2 is 1.94 bits per heavy atom. The van der Waals surface area contributed by atoms with Gasteiger partial charge >= 0.3 is 0 Å². The molecule has 1 heteroatoms. The number of ketones is 1. The molecular formula is C17H12O. The van der Waals surface area contributed by atoms with E-state index in [9.17, 15) is 4.79 Å². The maximum absolute atomic E-state index is 12.1. The van der Waals surface area contributed by atoms with Gasteiger partial charge in [-0.05, 0) is 46.1 Å². The van der Waals surface area contributed by atoms with Crippen molar-refractivity contribution < 1.29 is 4.79 Å². The average molecular weight is 232 g/mol. The smallest absolute Gasteiger partial charge is 0.186 e. The quantitative estimate of drug-likeness (QED) is 0.668. The van der Waals surface area contributed by atoms with Gasteiger partial charge in [0.2, 0.25) is 0 Å². The van der Waals surface area contributed by atoms with Crippen molar-refractivity contribution >= 4 is 29.6 Å². The summed E-state index contributed by atoms with van der Waals surface area (Å²) in [5.74, 6) is 0.155. The van der Waals surface area contributed by atoms with Crippen LogP contribution in [0, 0.1) is 0 Å². The van der Waals surface area contributed by atoms with Crippen LogP contribution in [-0.2, 0) is 4.79 Å². The summed E-state index contributed by atoms with van der Waals surface area (Å²) >= 11 is 0. The lowest BCUT2D eigenvalue weighted by Crippen LogP contribution is -2.34. The summed E-state index contributed by atoms with van der Waals surface area (Å²) in [4.78, 5) is 12.1. The monoisotopic (exact) mass is 232 g/mol. The molecule has 1 aromatic carbocycles. The lowest BCUT2D eigenvalue weighted by Gasteiger charge is -2.14. The van der Waals surface area contributed by atoms with E-state index in [1.54, 1.807) is 6.08 Å². The molecule has 4 rings (SSSR count). The van der Waals surface area contributed by atoms with Crippen molar-refractivity contribution in [1.82, 2.24) is 0 Å². The molecule has 0 heterocycles. The molecule has 0 radical (unpaired) electrons. The Hall–Kier alpha value is -2.15. The highest BCUT2D eigenvalue weighted by Gasteiger charge is 2.22. The summed E-state index contributed by atoms with van der Waals surface area (Å²) in [6, 6.07) is 4.32. The molecule has 0 aromatic heterocycles. The van der Waals surface area contributed by atoms with Crippen molar-refractivity contribution in [3.05, 3.63) is 57.5 Å². The highest BCUT2D eigenvalue weighted by atomic mass is 16.1. The Morgan fingerprint density at radius 1 is 1.00 bits per heavy atom. The maximum Gasteiger partial charge on any atom is 0.186 e. The Kier molecular flexibility index (Phi) is 1.87. The number of carbonyl (C=O) groups is 1. The van der Waals surface area contributed by atoms with Crippen LogP contribution < -0.4 is 10.4 Å². The second-order valence-corrected chi connectivity index (χ2v) is 4.88. The van der Waals surface area contributed by atoms with E-state index < -0.39 is 0 Å². The Labute approximate surface area is 105 Å². The minimum atomic E-state index is 0.155. The van der Waals surface area contributed by atoms with Gasteiger partial charge in [-0.15, -0.1) is 0 Å². The van der Waals surface area contributed by atoms with Crippen LogP contribution in [0.5, 0.6) is 0 Å². The predicted octanol–water partition coefficient (Wildman–Crippen LogP) is 1.96.